The number of carbonyl (C=O) groups excluding carboxylic acids is 1. The molecule has 0 aromatic heterocycles. The number of aliphatic hydroxyl groups excluding tert-OH is 1. The van der Waals surface area contributed by atoms with Crippen molar-refractivity contribution in [2.75, 3.05) is 33.3 Å². The fourth-order valence-corrected chi connectivity index (χ4v) is 1.97. The van der Waals surface area contributed by atoms with E-state index in [1.165, 1.54) is 25.7 Å². The predicted molar refractivity (Wildman–Crippen MR) is 84.7 cm³/mol. The molecule has 4 heteroatoms. The van der Waals surface area contributed by atoms with Crippen LogP contribution in [0.25, 0.3) is 0 Å². The number of nitrogens with one attached hydrogen (secondary N) is 1. The van der Waals surface area contributed by atoms with Gasteiger partial charge in [0, 0.05) is 19.7 Å². The van der Waals surface area contributed by atoms with E-state index in [0.717, 1.165) is 32.4 Å². The summed E-state index contributed by atoms with van der Waals surface area (Å²) < 4.78 is 0. The molecule has 20 heavy (non-hydrogen) atoms. The molecular formula is C16H32N2O2. The number of hydrogen-bond donors (Lipinski definition) is 2. The maximum absolute atomic E-state index is 11.3. The minimum atomic E-state index is 0.00383. The maximum atomic E-state index is 11.3. The maximum Gasteiger partial charge on any atom is 0.243 e. The minimum Gasteiger partial charge on any atom is -0.396 e. The Morgan fingerprint density at radius 3 is 2.40 bits per heavy atom. The number of aliphatic hydroxyl groups is 1. The largest absolute Gasteiger partial charge is 0.396 e. The number of likely N-dealkylation sites (N-methyl/N-ethyl adjacent to an activating group) is 1. The molecule has 0 unspecified atom stereocenters. The summed E-state index contributed by atoms with van der Waals surface area (Å²) in [6.07, 6.45) is 11.4. The molecule has 0 aliphatic carbocycles. The number of nitrogens with zero attached hydrogens (tertiary/aromatic N) is 1. The zero-order chi connectivity index (χ0) is 15.1. The molecule has 2 N–H and O–H groups in total. The Morgan fingerprint density at radius 1 is 1.10 bits per heavy atom. The van der Waals surface area contributed by atoms with Crippen LogP contribution in [0.2, 0.25) is 0 Å². The van der Waals surface area contributed by atoms with Crippen molar-refractivity contribution in [3.8, 4) is 0 Å². The van der Waals surface area contributed by atoms with E-state index < -0.39 is 0 Å². The Morgan fingerprint density at radius 2 is 1.75 bits per heavy atom. The molecule has 118 valence electrons. The first-order chi connectivity index (χ1) is 9.70. The second kappa shape index (κ2) is 14.5. The van der Waals surface area contributed by atoms with E-state index in [9.17, 15) is 4.79 Å². The SMILES string of the molecule is CC/C=C/C(=O)NCCN(C)CCCCCCCCO. The Kier molecular flexibility index (Phi) is 13.9. The summed E-state index contributed by atoms with van der Waals surface area (Å²) in [6.45, 7) is 5.03. The molecule has 0 atom stereocenters. The molecule has 1 amide bonds. The summed E-state index contributed by atoms with van der Waals surface area (Å²) >= 11 is 0. The van der Waals surface area contributed by atoms with Crippen molar-refractivity contribution in [1.82, 2.24) is 10.2 Å². The van der Waals surface area contributed by atoms with Gasteiger partial charge in [0.1, 0.15) is 0 Å². The highest BCUT2D eigenvalue weighted by Crippen LogP contribution is 2.05. The first-order valence-electron chi connectivity index (χ1n) is 7.94. The van der Waals surface area contributed by atoms with E-state index in [1.54, 1.807) is 6.08 Å². The lowest BCUT2D eigenvalue weighted by Crippen LogP contribution is -2.32. The topological polar surface area (TPSA) is 52.6 Å². The van der Waals surface area contributed by atoms with E-state index in [0.29, 0.717) is 13.2 Å². The highest BCUT2D eigenvalue weighted by molar-refractivity contribution is 5.87. The molecule has 0 fully saturated rings. The summed E-state index contributed by atoms with van der Waals surface area (Å²) in [5, 5.41) is 11.6. The van der Waals surface area contributed by atoms with Gasteiger partial charge in [-0.05, 0) is 38.9 Å². The van der Waals surface area contributed by atoms with Crippen LogP contribution in [0.3, 0.4) is 0 Å². The lowest BCUT2D eigenvalue weighted by Gasteiger charge is -2.16. The molecule has 0 aromatic carbocycles. The Labute approximate surface area is 124 Å². The summed E-state index contributed by atoms with van der Waals surface area (Å²) in [7, 11) is 2.10. The predicted octanol–water partition coefficient (Wildman–Crippen LogP) is 2.33. The van der Waals surface area contributed by atoms with Crippen molar-refractivity contribution < 1.29 is 9.90 Å². The molecule has 0 radical (unpaired) electrons. The lowest BCUT2D eigenvalue weighted by atomic mass is 10.1. The third-order valence-corrected chi connectivity index (χ3v) is 3.25. The zero-order valence-corrected chi connectivity index (χ0v) is 13.2. The molecule has 0 rings (SSSR count). The van der Waals surface area contributed by atoms with E-state index in [4.69, 9.17) is 5.11 Å². The number of unbranched alkanes of at least 4 members (excludes halogenated alkanes) is 5. The molecule has 0 aliphatic rings. The van der Waals surface area contributed by atoms with Crippen molar-refractivity contribution in [1.29, 1.82) is 0 Å². The van der Waals surface area contributed by atoms with Gasteiger partial charge < -0.3 is 15.3 Å². The van der Waals surface area contributed by atoms with Crippen molar-refractivity contribution >= 4 is 5.91 Å². The standard InChI is InChI=1S/C16H32N2O2/c1-3-4-11-16(20)17-12-14-18(2)13-9-7-5-6-8-10-15-19/h4,11,19H,3,5-10,12-15H2,1-2H3,(H,17,20)/b11-4+. The van der Waals surface area contributed by atoms with Crippen molar-refractivity contribution in [2.24, 2.45) is 0 Å². The van der Waals surface area contributed by atoms with Crippen LogP contribution in [-0.2, 0) is 4.79 Å². The van der Waals surface area contributed by atoms with Crippen molar-refractivity contribution in [3.63, 3.8) is 0 Å². The van der Waals surface area contributed by atoms with Gasteiger partial charge in [-0.25, -0.2) is 0 Å². The summed E-state index contributed by atoms with van der Waals surface area (Å²) in [6, 6.07) is 0. The molecule has 0 heterocycles. The zero-order valence-electron chi connectivity index (χ0n) is 13.2. The number of hydrogen-bond acceptors (Lipinski definition) is 3. The molecule has 0 aliphatic heterocycles. The van der Waals surface area contributed by atoms with E-state index >= 15 is 0 Å². The molecule has 4 nitrogen and oxygen atoms in total. The molecular weight excluding hydrogens is 252 g/mol. The third-order valence-electron chi connectivity index (χ3n) is 3.25. The number of amides is 1. The quantitative estimate of drug-likeness (QED) is 0.403. The number of allylic oxidation sites excluding steroid dienone is 1. The fourth-order valence-electron chi connectivity index (χ4n) is 1.97. The Balaban J connectivity index is 3.34. The number of rotatable bonds is 13. The van der Waals surface area contributed by atoms with Gasteiger partial charge in [0.05, 0.1) is 0 Å². The van der Waals surface area contributed by atoms with Gasteiger partial charge in [-0.3, -0.25) is 4.79 Å². The normalized spacial score (nSPS) is 11.4. The van der Waals surface area contributed by atoms with Gasteiger partial charge in [0.25, 0.3) is 0 Å². The summed E-state index contributed by atoms with van der Waals surface area (Å²) in [5.74, 6) is 0.00383. The van der Waals surface area contributed by atoms with Crippen molar-refractivity contribution in [3.05, 3.63) is 12.2 Å². The lowest BCUT2D eigenvalue weighted by molar-refractivity contribution is -0.116. The van der Waals surface area contributed by atoms with Gasteiger partial charge in [0.2, 0.25) is 5.91 Å². The Hall–Kier alpha value is -0.870. The van der Waals surface area contributed by atoms with Gasteiger partial charge in [-0.1, -0.05) is 38.7 Å². The van der Waals surface area contributed by atoms with Crippen molar-refractivity contribution in [2.45, 2.75) is 51.9 Å². The van der Waals surface area contributed by atoms with Gasteiger partial charge in [-0.2, -0.15) is 0 Å². The highest BCUT2D eigenvalue weighted by Gasteiger charge is 1.99. The molecule has 0 spiro atoms. The average Bonchev–Trinajstić information content (AvgIpc) is 2.44. The first kappa shape index (κ1) is 19.1. The fraction of sp³-hybridized carbons (Fsp3) is 0.812. The van der Waals surface area contributed by atoms with Gasteiger partial charge >= 0.3 is 0 Å². The van der Waals surface area contributed by atoms with Crippen LogP contribution in [0.5, 0.6) is 0 Å². The van der Waals surface area contributed by atoms with Crippen LogP contribution < -0.4 is 5.32 Å². The van der Waals surface area contributed by atoms with E-state index in [2.05, 4.69) is 17.3 Å². The number of carbonyl (C=O) groups is 1. The third kappa shape index (κ3) is 13.6. The van der Waals surface area contributed by atoms with Crippen LogP contribution in [0.1, 0.15) is 51.9 Å². The molecule has 0 saturated carbocycles. The van der Waals surface area contributed by atoms with Crippen LogP contribution in [0.4, 0.5) is 0 Å². The Bertz CT molecular complexity index is 255. The smallest absolute Gasteiger partial charge is 0.243 e. The molecule has 0 aromatic rings. The second-order valence-corrected chi connectivity index (χ2v) is 5.25. The minimum absolute atomic E-state index is 0.00383. The van der Waals surface area contributed by atoms with Crippen LogP contribution in [0.15, 0.2) is 12.2 Å². The highest BCUT2D eigenvalue weighted by atomic mass is 16.2. The van der Waals surface area contributed by atoms with E-state index in [1.807, 2.05) is 13.0 Å². The van der Waals surface area contributed by atoms with Gasteiger partial charge in [0.15, 0.2) is 0 Å². The van der Waals surface area contributed by atoms with Gasteiger partial charge in [-0.15, -0.1) is 0 Å². The van der Waals surface area contributed by atoms with Crippen LogP contribution in [0, 0.1) is 0 Å². The van der Waals surface area contributed by atoms with E-state index in [-0.39, 0.29) is 5.91 Å². The molecule has 0 bridgehead atoms. The second-order valence-electron chi connectivity index (χ2n) is 5.25. The summed E-state index contributed by atoms with van der Waals surface area (Å²) in [4.78, 5) is 13.6. The average molecular weight is 284 g/mol. The van der Waals surface area contributed by atoms with Crippen LogP contribution in [-0.4, -0.2) is 49.2 Å². The monoisotopic (exact) mass is 284 g/mol. The molecule has 0 saturated heterocycles. The summed E-state index contributed by atoms with van der Waals surface area (Å²) in [5.41, 5.74) is 0. The van der Waals surface area contributed by atoms with Crippen LogP contribution >= 0.6 is 0 Å². The first-order valence-corrected chi connectivity index (χ1v) is 7.94.